The standard InChI is InChI=1S/C11H24N2O2/c1-6-9(2)13(4)8-7-12-10(3)11(14)15-5/h9-10,12H,6-8H2,1-5H3. The second-order valence-electron chi connectivity index (χ2n) is 3.94. The van der Waals surface area contributed by atoms with Crippen LogP contribution >= 0.6 is 0 Å². The third-order valence-corrected chi connectivity index (χ3v) is 2.81. The van der Waals surface area contributed by atoms with E-state index in [1.807, 2.05) is 6.92 Å². The summed E-state index contributed by atoms with van der Waals surface area (Å²) in [5.74, 6) is -0.207. The number of esters is 1. The third kappa shape index (κ3) is 5.74. The number of carbonyl (C=O) groups excluding carboxylic acids is 1. The molecule has 90 valence electrons. The van der Waals surface area contributed by atoms with E-state index in [0.29, 0.717) is 6.04 Å². The molecule has 4 heteroatoms. The van der Waals surface area contributed by atoms with Gasteiger partial charge in [0.25, 0.3) is 0 Å². The van der Waals surface area contributed by atoms with E-state index in [9.17, 15) is 4.79 Å². The van der Waals surface area contributed by atoms with E-state index in [1.54, 1.807) is 0 Å². The van der Waals surface area contributed by atoms with Gasteiger partial charge in [-0.3, -0.25) is 4.79 Å². The highest BCUT2D eigenvalue weighted by atomic mass is 16.5. The third-order valence-electron chi connectivity index (χ3n) is 2.81. The van der Waals surface area contributed by atoms with Gasteiger partial charge in [-0.25, -0.2) is 0 Å². The van der Waals surface area contributed by atoms with E-state index in [-0.39, 0.29) is 12.0 Å². The minimum atomic E-state index is -0.222. The Bertz CT molecular complexity index is 185. The molecule has 0 aromatic rings. The summed E-state index contributed by atoms with van der Waals surface area (Å²) in [5.41, 5.74) is 0. The smallest absolute Gasteiger partial charge is 0.322 e. The van der Waals surface area contributed by atoms with Crippen LogP contribution in [0.3, 0.4) is 0 Å². The topological polar surface area (TPSA) is 41.6 Å². The van der Waals surface area contributed by atoms with Gasteiger partial charge < -0.3 is 15.0 Å². The second kappa shape index (κ2) is 7.65. The summed E-state index contributed by atoms with van der Waals surface area (Å²) in [4.78, 5) is 13.4. The molecule has 2 atom stereocenters. The molecule has 0 spiro atoms. The van der Waals surface area contributed by atoms with Crippen molar-refractivity contribution in [2.75, 3.05) is 27.2 Å². The maximum atomic E-state index is 11.1. The van der Waals surface area contributed by atoms with Gasteiger partial charge in [-0.15, -0.1) is 0 Å². The normalized spacial score (nSPS) is 15.1. The molecule has 4 nitrogen and oxygen atoms in total. The fraction of sp³-hybridized carbons (Fsp3) is 0.909. The van der Waals surface area contributed by atoms with Gasteiger partial charge in [0.2, 0.25) is 0 Å². The monoisotopic (exact) mass is 216 g/mol. The van der Waals surface area contributed by atoms with E-state index in [1.165, 1.54) is 7.11 Å². The molecule has 0 radical (unpaired) electrons. The largest absolute Gasteiger partial charge is 0.468 e. The highest BCUT2D eigenvalue weighted by molar-refractivity contribution is 5.74. The Labute approximate surface area is 93.0 Å². The molecule has 0 rings (SSSR count). The summed E-state index contributed by atoms with van der Waals surface area (Å²) >= 11 is 0. The van der Waals surface area contributed by atoms with Crippen LogP contribution in [0.1, 0.15) is 27.2 Å². The Kier molecular flexibility index (Phi) is 7.34. The molecule has 15 heavy (non-hydrogen) atoms. The summed E-state index contributed by atoms with van der Waals surface area (Å²) in [7, 11) is 3.50. The molecule has 0 bridgehead atoms. The first-order valence-corrected chi connectivity index (χ1v) is 5.54. The lowest BCUT2D eigenvalue weighted by Crippen LogP contribution is -2.41. The van der Waals surface area contributed by atoms with Crippen LogP contribution in [0.25, 0.3) is 0 Å². The van der Waals surface area contributed by atoms with Gasteiger partial charge in [0.15, 0.2) is 0 Å². The number of hydrogen-bond acceptors (Lipinski definition) is 4. The lowest BCUT2D eigenvalue weighted by Gasteiger charge is -2.24. The number of rotatable bonds is 7. The first-order chi connectivity index (χ1) is 7.02. The number of nitrogens with zero attached hydrogens (tertiary/aromatic N) is 1. The highest BCUT2D eigenvalue weighted by Crippen LogP contribution is 1.98. The van der Waals surface area contributed by atoms with Gasteiger partial charge in [-0.05, 0) is 27.3 Å². The number of methoxy groups -OCH3 is 1. The summed E-state index contributed by atoms with van der Waals surface area (Å²) in [6, 6.07) is 0.362. The van der Waals surface area contributed by atoms with Crippen molar-refractivity contribution >= 4 is 5.97 Å². The van der Waals surface area contributed by atoms with Crippen LogP contribution < -0.4 is 5.32 Å². The lowest BCUT2D eigenvalue weighted by molar-refractivity contribution is -0.142. The van der Waals surface area contributed by atoms with E-state index >= 15 is 0 Å². The van der Waals surface area contributed by atoms with Crippen molar-refractivity contribution in [1.82, 2.24) is 10.2 Å². The minimum Gasteiger partial charge on any atom is -0.468 e. The van der Waals surface area contributed by atoms with Crippen LogP contribution in [0.2, 0.25) is 0 Å². The van der Waals surface area contributed by atoms with E-state index in [4.69, 9.17) is 0 Å². The summed E-state index contributed by atoms with van der Waals surface area (Å²) in [6.45, 7) is 7.93. The number of carbonyl (C=O) groups is 1. The lowest BCUT2D eigenvalue weighted by atomic mass is 10.2. The fourth-order valence-electron chi connectivity index (χ4n) is 1.25. The SMILES string of the molecule is CCC(C)N(C)CCNC(C)C(=O)OC. The Hall–Kier alpha value is -0.610. The molecule has 0 aromatic carbocycles. The Morgan fingerprint density at radius 3 is 2.53 bits per heavy atom. The second-order valence-corrected chi connectivity index (χ2v) is 3.94. The Morgan fingerprint density at radius 2 is 2.07 bits per heavy atom. The van der Waals surface area contributed by atoms with Gasteiger partial charge in [0, 0.05) is 19.1 Å². The van der Waals surface area contributed by atoms with Gasteiger partial charge in [-0.2, -0.15) is 0 Å². The fourth-order valence-corrected chi connectivity index (χ4v) is 1.25. The zero-order chi connectivity index (χ0) is 11.8. The molecule has 2 unspecified atom stereocenters. The zero-order valence-electron chi connectivity index (χ0n) is 10.5. The summed E-state index contributed by atoms with van der Waals surface area (Å²) < 4.78 is 4.62. The average Bonchev–Trinajstić information content (AvgIpc) is 2.26. The van der Waals surface area contributed by atoms with Crippen LogP contribution in [0.5, 0.6) is 0 Å². The minimum absolute atomic E-state index is 0.207. The zero-order valence-corrected chi connectivity index (χ0v) is 10.5. The van der Waals surface area contributed by atoms with Crippen molar-refractivity contribution < 1.29 is 9.53 Å². The predicted octanol–water partition coefficient (Wildman–Crippen LogP) is 0.868. The number of likely N-dealkylation sites (N-methyl/N-ethyl adjacent to an activating group) is 1. The molecule has 0 aliphatic heterocycles. The number of ether oxygens (including phenoxy) is 1. The Morgan fingerprint density at radius 1 is 1.47 bits per heavy atom. The van der Waals surface area contributed by atoms with Crippen molar-refractivity contribution in [1.29, 1.82) is 0 Å². The maximum absolute atomic E-state index is 11.1. The molecule has 0 saturated heterocycles. The van der Waals surface area contributed by atoms with Crippen LogP contribution in [0.15, 0.2) is 0 Å². The summed E-state index contributed by atoms with van der Waals surface area (Å²) in [5, 5.41) is 3.13. The number of nitrogens with one attached hydrogen (secondary N) is 1. The van der Waals surface area contributed by atoms with E-state index in [0.717, 1.165) is 19.5 Å². The molecular formula is C11H24N2O2. The molecule has 0 aliphatic carbocycles. The molecule has 0 amide bonds. The van der Waals surface area contributed by atoms with Crippen molar-refractivity contribution in [3.63, 3.8) is 0 Å². The first-order valence-electron chi connectivity index (χ1n) is 5.54. The van der Waals surface area contributed by atoms with E-state index in [2.05, 4.69) is 35.8 Å². The molecule has 1 N–H and O–H groups in total. The van der Waals surface area contributed by atoms with Gasteiger partial charge >= 0.3 is 5.97 Å². The molecule has 0 heterocycles. The average molecular weight is 216 g/mol. The van der Waals surface area contributed by atoms with Gasteiger partial charge in [0.05, 0.1) is 7.11 Å². The van der Waals surface area contributed by atoms with Crippen molar-refractivity contribution in [3.05, 3.63) is 0 Å². The number of hydrogen-bond donors (Lipinski definition) is 1. The Balaban J connectivity index is 3.65. The van der Waals surface area contributed by atoms with Crippen LogP contribution in [0, 0.1) is 0 Å². The summed E-state index contributed by atoms with van der Waals surface area (Å²) in [6.07, 6.45) is 1.14. The van der Waals surface area contributed by atoms with Gasteiger partial charge in [0.1, 0.15) is 6.04 Å². The first kappa shape index (κ1) is 14.4. The van der Waals surface area contributed by atoms with Crippen LogP contribution in [-0.2, 0) is 9.53 Å². The molecule has 0 aromatic heterocycles. The quantitative estimate of drug-likeness (QED) is 0.641. The molecule has 0 aliphatic rings. The van der Waals surface area contributed by atoms with E-state index < -0.39 is 0 Å². The van der Waals surface area contributed by atoms with Crippen molar-refractivity contribution in [2.24, 2.45) is 0 Å². The predicted molar refractivity (Wildman–Crippen MR) is 61.9 cm³/mol. The van der Waals surface area contributed by atoms with Crippen molar-refractivity contribution in [2.45, 2.75) is 39.3 Å². The molecule has 0 saturated carbocycles. The molecular weight excluding hydrogens is 192 g/mol. The van der Waals surface area contributed by atoms with Crippen molar-refractivity contribution in [3.8, 4) is 0 Å². The van der Waals surface area contributed by atoms with Crippen LogP contribution in [0.4, 0.5) is 0 Å². The van der Waals surface area contributed by atoms with Crippen LogP contribution in [-0.4, -0.2) is 50.2 Å². The maximum Gasteiger partial charge on any atom is 0.322 e. The highest BCUT2D eigenvalue weighted by Gasteiger charge is 2.12. The van der Waals surface area contributed by atoms with Gasteiger partial charge in [-0.1, -0.05) is 6.92 Å². The molecule has 0 fully saturated rings.